The fourth-order valence-corrected chi connectivity index (χ4v) is 4.27. The molecule has 2 fully saturated rings. The van der Waals surface area contributed by atoms with Crippen molar-refractivity contribution in [3.05, 3.63) is 17.2 Å². The smallest absolute Gasteiger partial charge is 0.106 e. The molecule has 3 aliphatic rings. The lowest BCUT2D eigenvalue weighted by Gasteiger charge is -2.38. The number of aromatic nitrogens is 2. The van der Waals surface area contributed by atoms with Gasteiger partial charge in [-0.2, -0.15) is 0 Å². The molecule has 2 unspecified atom stereocenters. The molecule has 0 aromatic carbocycles. The number of ether oxygens (including phenoxy) is 2. The lowest BCUT2D eigenvalue weighted by molar-refractivity contribution is -0.0953. The summed E-state index contributed by atoms with van der Waals surface area (Å²) in [4.78, 5) is 4.83. The zero-order valence-electron chi connectivity index (χ0n) is 12.4. The first-order valence-corrected chi connectivity index (χ1v) is 8.06. The van der Waals surface area contributed by atoms with E-state index in [0.717, 1.165) is 39.1 Å². The summed E-state index contributed by atoms with van der Waals surface area (Å²) in [6.07, 6.45) is 8.25. The van der Waals surface area contributed by atoms with Crippen LogP contribution in [0, 0.1) is 6.92 Å². The Labute approximate surface area is 120 Å². The van der Waals surface area contributed by atoms with E-state index in [1.54, 1.807) is 0 Å². The third kappa shape index (κ3) is 2.01. The molecule has 4 rings (SSSR count). The van der Waals surface area contributed by atoms with Gasteiger partial charge in [-0.25, -0.2) is 4.98 Å². The largest absolute Gasteiger partial charge is 0.378 e. The topological polar surface area (TPSA) is 36.3 Å². The van der Waals surface area contributed by atoms with E-state index in [4.69, 9.17) is 14.5 Å². The van der Waals surface area contributed by atoms with E-state index in [0.29, 0.717) is 6.04 Å². The van der Waals surface area contributed by atoms with Gasteiger partial charge in [0.1, 0.15) is 5.82 Å². The van der Waals surface area contributed by atoms with E-state index < -0.39 is 0 Å². The highest BCUT2D eigenvalue weighted by Gasteiger charge is 2.42. The van der Waals surface area contributed by atoms with Crippen LogP contribution < -0.4 is 0 Å². The van der Waals surface area contributed by atoms with Gasteiger partial charge < -0.3 is 14.0 Å². The van der Waals surface area contributed by atoms with Crippen LogP contribution in [0.5, 0.6) is 0 Å². The van der Waals surface area contributed by atoms with Crippen molar-refractivity contribution < 1.29 is 9.47 Å². The molecule has 3 heterocycles. The molecule has 1 aliphatic carbocycles. The Morgan fingerprint density at radius 3 is 3.00 bits per heavy atom. The van der Waals surface area contributed by atoms with Gasteiger partial charge in [-0.3, -0.25) is 0 Å². The number of hydrogen-bond acceptors (Lipinski definition) is 3. The molecule has 110 valence electrons. The van der Waals surface area contributed by atoms with E-state index in [1.165, 1.54) is 42.9 Å². The average molecular weight is 276 g/mol. The summed E-state index contributed by atoms with van der Waals surface area (Å²) in [5, 5.41) is 0. The minimum absolute atomic E-state index is 0.0127. The van der Waals surface area contributed by atoms with Crippen LogP contribution in [0.4, 0.5) is 0 Å². The molecule has 0 amide bonds. The lowest BCUT2D eigenvalue weighted by Crippen LogP contribution is -2.41. The normalized spacial score (nSPS) is 33.5. The van der Waals surface area contributed by atoms with Crippen molar-refractivity contribution >= 4 is 0 Å². The van der Waals surface area contributed by atoms with Crippen LogP contribution in [0.2, 0.25) is 0 Å². The van der Waals surface area contributed by atoms with Crippen LogP contribution in [-0.4, -0.2) is 35.0 Å². The Balaban J connectivity index is 1.65. The lowest BCUT2D eigenvalue weighted by atomic mass is 9.89. The monoisotopic (exact) mass is 276 g/mol. The van der Waals surface area contributed by atoms with Crippen molar-refractivity contribution in [1.29, 1.82) is 0 Å². The third-order valence-corrected chi connectivity index (χ3v) is 5.25. The number of rotatable bonds is 1. The Bertz CT molecular complexity index is 503. The van der Waals surface area contributed by atoms with Crippen molar-refractivity contribution in [3.63, 3.8) is 0 Å². The van der Waals surface area contributed by atoms with Gasteiger partial charge in [0, 0.05) is 31.4 Å². The van der Waals surface area contributed by atoms with Crippen molar-refractivity contribution in [2.75, 3.05) is 19.8 Å². The maximum Gasteiger partial charge on any atom is 0.106 e. The molecule has 1 aromatic rings. The summed E-state index contributed by atoms with van der Waals surface area (Å²) in [5.41, 5.74) is 2.85. The Hall–Kier alpha value is -0.870. The van der Waals surface area contributed by atoms with Gasteiger partial charge in [-0.05, 0) is 45.4 Å². The van der Waals surface area contributed by atoms with Gasteiger partial charge in [-0.1, -0.05) is 0 Å². The van der Waals surface area contributed by atoms with Crippen molar-refractivity contribution in [3.8, 4) is 0 Å². The van der Waals surface area contributed by atoms with Crippen LogP contribution in [-0.2, 0) is 22.3 Å². The molecule has 1 spiro atoms. The highest BCUT2D eigenvalue weighted by molar-refractivity contribution is 5.21. The maximum absolute atomic E-state index is 6.08. The predicted octanol–water partition coefficient (Wildman–Crippen LogP) is 2.58. The standard InChI is InChI=1S/C16H24N2O2/c1-12-17-14-4-2-3-5-15(14)18(12)13-6-8-20-16(10-13)7-9-19-11-16/h13H,2-11H2,1H3. The molecule has 4 heteroatoms. The summed E-state index contributed by atoms with van der Waals surface area (Å²) in [6.45, 7) is 4.67. The summed E-state index contributed by atoms with van der Waals surface area (Å²) in [6, 6.07) is 0.555. The Kier molecular flexibility index (Phi) is 3.11. The Morgan fingerprint density at radius 2 is 2.15 bits per heavy atom. The summed E-state index contributed by atoms with van der Waals surface area (Å²) >= 11 is 0. The quantitative estimate of drug-likeness (QED) is 0.791. The molecule has 0 saturated carbocycles. The van der Waals surface area contributed by atoms with Crippen LogP contribution in [0.1, 0.15) is 55.4 Å². The van der Waals surface area contributed by atoms with Gasteiger partial charge in [0.2, 0.25) is 0 Å². The number of hydrogen-bond donors (Lipinski definition) is 0. The van der Waals surface area contributed by atoms with E-state index in [1.807, 2.05) is 0 Å². The summed E-state index contributed by atoms with van der Waals surface area (Å²) < 4.78 is 14.2. The van der Waals surface area contributed by atoms with Gasteiger partial charge in [0.15, 0.2) is 0 Å². The van der Waals surface area contributed by atoms with Crippen LogP contribution in [0.15, 0.2) is 0 Å². The molecule has 4 nitrogen and oxygen atoms in total. The molecule has 0 N–H and O–H groups in total. The molecule has 2 aliphatic heterocycles. The van der Waals surface area contributed by atoms with Crippen LogP contribution in [0.3, 0.4) is 0 Å². The molecule has 2 atom stereocenters. The number of imidazole rings is 1. The minimum atomic E-state index is -0.0127. The molecule has 20 heavy (non-hydrogen) atoms. The number of fused-ring (bicyclic) bond motifs is 1. The van der Waals surface area contributed by atoms with Gasteiger partial charge >= 0.3 is 0 Å². The first-order chi connectivity index (χ1) is 9.77. The first kappa shape index (κ1) is 12.8. The molecular formula is C16H24N2O2. The van der Waals surface area contributed by atoms with Gasteiger partial charge in [0.25, 0.3) is 0 Å². The number of aryl methyl sites for hydroxylation is 2. The first-order valence-electron chi connectivity index (χ1n) is 8.06. The third-order valence-electron chi connectivity index (χ3n) is 5.25. The van der Waals surface area contributed by atoms with E-state index in [2.05, 4.69) is 11.5 Å². The summed E-state index contributed by atoms with van der Waals surface area (Å²) in [5.74, 6) is 1.21. The summed E-state index contributed by atoms with van der Waals surface area (Å²) in [7, 11) is 0. The number of nitrogens with zero attached hydrogens (tertiary/aromatic N) is 2. The second-order valence-electron chi connectivity index (χ2n) is 6.61. The zero-order chi connectivity index (χ0) is 13.6. The Morgan fingerprint density at radius 1 is 1.25 bits per heavy atom. The molecular weight excluding hydrogens is 252 g/mol. The van der Waals surface area contributed by atoms with E-state index >= 15 is 0 Å². The highest BCUT2D eigenvalue weighted by atomic mass is 16.6. The second kappa shape index (κ2) is 4.85. The molecule has 1 aromatic heterocycles. The SMILES string of the molecule is Cc1nc2c(n1C1CCOC3(CCOC3)C1)CCCC2. The van der Waals surface area contributed by atoms with Gasteiger partial charge in [0.05, 0.1) is 17.9 Å². The van der Waals surface area contributed by atoms with E-state index in [-0.39, 0.29) is 5.60 Å². The van der Waals surface area contributed by atoms with Crippen molar-refractivity contribution in [1.82, 2.24) is 9.55 Å². The van der Waals surface area contributed by atoms with Crippen molar-refractivity contribution in [2.45, 2.75) is 63.5 Å². The maximum atomic E-state index is 6.08. The van der Waals surface area contributed by atoms with Gasteiger partial charge in [-0.15, -0.1) is 0 Å². The average Bonchev–Trinajstić information content (AvgIpc) is 3.02. The highest BCUT2D eigenvalue weighted by Crippen LogP contribution is 2.40. The minimum Gasteiger partial charge on any atom is -0.378 e. The predicted molar refractivity (Wildman–Crippen MR) is 76.0 cm³/mol. The fraction of sp³-hybridized carbons (Fsp3) is 0.812. The van der Waals surface area contributed by atoms with Crippen LogP contribution >= 0.6 is 0 Å². The molecule has 0 bridgehead atoms. The molecule has 0 radical (unpaired) electrons. The van der Waals surface area contributed by atoms with Crippen LogP contribution in [0.25, 0.3) is 0 Å². The molecule has 2 saturated heterocycles. The van der Waals surface area contributed by atoms with Crippen molar-refractivity contribution in [2.24, 2.45) is 0 Å². The second-order valence-corrected chi connectivity index (χ2v) is 6.61. The fourth-order valence-electron chi connectivity index (χ4n) is 4.27. The zero-order valence-corrected chi connectivity index (χ0v) is 12.4. The van der Waals surface area contributed by atoms with E-state index in [9.17, 15) is 0 Å².